The van der Waals surface area contributed by atoms with Gasteiger partial charge in [-0.1, -0.05) is 109 Å². The van der Waals surface area contributed by atoms with Crippen molar-refractivity contribution in [3.05, 3.63) is 114 Å². The monoisotopic (exact) mass is 605 g/mol. The van der Waals surface area contributed by atoms with E-state index in [4.69, 9.17) is 9.40 Å². The number of nitrogens with zero attached hydrogens (tertiary/aromatic N) is 1. The Morgan fingerprint density at radius 1 is 0.667 bits per heavy atom. The highest BCUT2D eigenvalue weighted by molar-refractivity contribution is 6.10. The predicted molar refractivity (Wildman–Crippen MR) is 179 cm³/mol. The highest BCUT2D eigenvalue weighted by Crippen LogP contribution is 2.45. The summed E-state index contributed by atoms with van der Waals surface area (Å²) in [5, 5.41) is 1.43. The zero-order chi connectivity index (χ0) is 32.3. The molecule has 45 heavy (non-hydrogen) atoms. The zero-order valence-corrected chi connectivity index (χ0v) is 26.8. The largest absolute Gasteiger partial charge is 0.452 e. The van der Waals surface area contributed by atoms with Crippen LogP contribution in [-0.4, -0.2) is 4.98 Å². The molecule has 0 fully saturated rings. The maximum absolute atomic E-state index is 16.1. The number of fused-ring (bicyclic) bond motifs is 3. The topological polar surface area (TPSA) is 26.0 Å². The van der Waals surface area contributed by atoms with E-state index in [9.17, 15) is 8.78 Å². The van der Waals surface area contributed by atoms with Crippen molar-refractivity contribution in [3.63, 3.8) is 0 Å². The van der Waals surface area contributed by atoms with E-state index >= 15 is 4.39 Å². The Kier molecular flexibility index (Phi) is 7.63. The molecule has 0 aliphatic carbocycles. The Morgan fingerprint density at radius 2 is 1.29 bits per heavy atom. The van der Waals surface area contributed by atoms with Crippen molar-refractivity contribution in [2.75, 3.05) is 0 Å². The molecule has 230 valence electrons. The van der Waals surface area contributed by atoms with Gasteiger partial charge < -0.3 is 4.42 Å². The lowest BCUT2D eigenvalue weighted by atomic mass is 9.83. The van der Waals surface area contributed by atoms with E-state index in [0.717, 1.165) is 22.2 Å². The van der Waals surface area contributed by atoms with Crippen LogP contribution >= 0.6 is 0 Å². The molecule has 6 aromatic rings. The molecule has 0 atom stereocenters. The lowest BCUT2D eigenvalue weighted by molar-refractivity contribution is -0.104. The van der Waals surface area contributed by atoms with E-state index in [2.05, 4.69) is 52.0 Å². The lowest BCUT2D eigenvalue weighted by Crippen LogP contribution is -2.31. The summed E-state index contributed by atoms with van der Waals surface area (Å²) < 4.78 is 52.2. The predicted octanol–water partition coefficient (Wildman–Crippen LogP) is 12.5. The van der Waals surface area contributed by atoms with Gasteiger partial charge in [-0.25, -0.2) is 13.2 Å². The van der Waals surface area contributed by atoms with Crippen LogP contribution in [0.3, 0.4) is 0 Å². The molecule has 0 unspecified atom stereocenters. The minimum absolute atomic E-state index is 0.0973. The van der Waals surface area contributed by atoms with Gasteiger partial charge in [-0.15, -0.1) is 0 Å². The number of halogens is 3. The fourth-order valence-electron chi connectivity index (χ4n) is 6.16. The summed E-state index contributed by atoms with van der Waals surface area (Å²) in [6, 6.07) is 25.8. The quantitative estimate of drug-likeness (QED) is 0.189. The molecule has 0 aliphatic rings. The van der Waals surface area contributed by atoms with Crippen molar-refractivity contribution in [2.45, 2.75) is 66.2 Å². The smallest absolute Gasteiger partial charge is 0.277 e. The number of hydrogen-bond donors (Lipinski definition) is 0. The van der Waals surface area contributed by atoms with Crippen LogP contribution in [-0.2, 0) is 5.92 Å². The average Bonchev–Trinajstić information content (AvgIpc) is 3.40. The zero-order valence-electron chi connectivity index (χ0n) is 26.8. The van der Waals surface area contributed by atoms with Crippen LogP contribution in [0.1, 0.15) is 77.0 Å². The summed E-state index contributed by atoms with van der Waals surface area (Å²) in [4.78, 5) is 4.72. The first-order chi connectivity index (χ1) is 21.3. The van der Waals surface area contributed by atoms with Gasteiger partial charge in [0.1, 0.15) is 5.58 Å². The summed E-state index contributed by atoms with van der Waals surface area (Å²) in [5.41, 5.74) is 6.51. The number of furan rings is 1. The van der Waals surface area contributed by atoms with Gasteiger partial charge in [0.25, 0.3) is 5.92 Å². The summed E-state index contributed by atoms with van der Waals surface area (Å²) in [7, 11) is 0. The third-order valence-electron chi connectivity index (χ3n) is 8.80. The molecule has 0 saturated heterocycles. The summed E-state index contributed by atoms with van der Waals surface area (Å²) >= 11 is 0. The Labute approximate surface area is 262 Å². The Balaban J connectivity index is 1.46. The van der Waals surface area contributed by atoms with Gasteiger partial charge in [0.2, 0.25) is 0 Å². The van der Waals surface area contributed by atoms with Gasteiger partial charge in [0.05, 0.1) is 5.69 Å². The second-order valence-electron chi connectivity index (χ2n) is 13.5. The molecule has 0 N–H and O–H groups in total. The van der Waals surface area contributed by atoms with Gasteiger partial charge in [-0.3, -0.25) is 4.98 Å². The van der Waals surface area contributed by atoms with Crippen molar-refractivity contribution >= 4 is 21.9 Å². The first-order valence-corrected chi connectivity index (χ1v) is 15.5. The number of alkyl halides is 2. The number of para-hydroxylation sites is 1. The lowest BCUT2D eigenvalue weighted by Gasteiger charge is -2.30. The van der Waals surface area contributed by atoms with E-state index in [1.165, 1.54) is 49.6 Å². The average molecular weight is 606 g/mol. The van der Waals surface area contributed by atoms with Crippen LogP contribution in [0.15, 0.2) is 95.5 Å². The summed E-state index contributed by atoms with van der Waals surface area (Å²) in [6.07, 6.45) is 1.82. The van der Waals surface area contributed by atoms with Gasteiger partial charge in [0, 0.05) is 39.1 Å². The van der Waals surface area contributed by atoms with Crippen LogP contribution in [0.2, 0.25) is 0 Å². The number of pyridine rings is 1. The van der Waals surface area contributed by atoms with Crippen molar-refractivity contribution < 1.29 is 17.6 Å². The summed E-state index contributed by atoms with van der Waals surface area (Å²) in [5.74, 6) is -2.86. The molecule has 4 aromatic carbocycles. The minimum Gasteiger partial charge on any atom is -0.452 e. The Bertz CT molecular complexity index is 2000. The molecule has 2 aromatic heterocycles. The Hall–Kier alpha value is -4.38. The van der Waals surface area contributed by atoms with Gasteiger partial charge >= 0.3 is 0 Å². The normalized spacial score (nSPS) is 12.6. The minimum atomic E-state index is -3.03. The van der Waals surface area contributed by atoms with Crippen LogP contribution in [0.4, 0.5) is 13.2 Å². The first-order valence-electron chi connectivity index (χ1n) is 15.5. The number of hydrogen-bond acceptors (Lipinski definition) is 2. The fraction of sp³-hybridized carbons (Fsp3) is 0.275. The van der Waals surface area contributed by atoms with Gasteiger partial charge in [-0.2, -0.15) is 0 Å². The molecule has 2 nitrogen and oxygen atoms in total. The Morgan fingerprint density at radius 3 is 1.91 bits per heavy atom. The third kappa shape index (κ3) is 5.22. The third-order valence-corrected chi connectivity index (χ3v) is 8.80. The van der Waals surface area contributed by atoms with Crippen LogP contribution < -0.4 is 0 Å². The van der Waals surface area contributed by atoms with E-state index in [1.54, 1.807) is 18.2 Å². The van der Waals surface area contributed by atoms with E-state index in [1.807, 2.05) is 36.5 Å². The highest BCUT2D eigenvalue weighted by Gasteiger charge is 2.44. The van der Waals surface area contributed by atoms with Crippen molar-refractivity contribution in [1.82, 2.24) is 4.98 Å². The van der Waals surface area contributed by atoms with Crippen LogP contribution in [0, 0.1) is 11.2 Å². The first kappa shape index (κ1) is 30.6. The highest BCUT2D eigenvalue weighted by atomic mass is 19.3. The maximum Gasteiger partial charge on any atom is 0.277 e. The number of aromatic nitrogens is 1. The number of benzene rings is 4. The second-order valence-corrected chi connectivity index (χ2v) is 13.5. The van der Waals surface area contributed by atoms with E-state index < -0.39 is 17.2 Å². The molecule has 0 aliphatic heterocycles. The molecular weight excluding hydrogens is 567 g/mol. The molecule has 2 heterocycles. The summed E-state index contributed by atoms with van der Waals surface area (Å²) in [6.45, 7) is 13.3. The van der Waals surface area contributed by atoms with Crippen molar-refractivity contribution in [1.29, 1.82) is 0 Å². The van der Waals surface area contributed by atoms with Gasteiger partial charge in [0.15, 0.2) is 11.4 Å². The van der Waals surface area contributed by atoms with Crippen LogP contribution in [0.5, 0.6) is 0 Å². The standard InChI is InChI=1S/C40H38F3NO/c1-23(2)28-10-8-11-29(24(3)4)35(28)26-20-21-44-34(22-26)33-13-9-12-31-32-19-18-30(36(41)38(32)45-37(31)33)25-14-16-27(17-15-25)40(42,43)39(5,6)7/h8-24H,1-7H3. The van der Waals surface area contributed by atoms with Gasteiger partial charge in [-0.05, 0) is 63.9 Å². The fourth-order valence-corrected chi connectivity index (χ4v) is 6.16. The van der Waals surface area contributed by atoms with Crippen molar-refractivity contribution in [2.24, 2.45) is 5.41 Å². The SMILES string of the molecule is CC(C)c1cccc(C(C)C)c1-c1ccnc(-c2cccc3c2oc2c(F)c(-c4ccc(C(F)(F)C(C)(C)C)cc4)ccc23)c1. The molecule has 5 heteroatoms. The van der Waals surface area contributed by atoms with Crippen molar-refractivity contribution in [3.8, 4) is 33.5 Å². The second kappa shape index (κ2) is 11.2. The van der Waals surface area contributed by atoms with E-state index in [-0.39, 0.29) is 11.1 Å². The maximum atomic E-state index is 16.1. The molecule has 0 spiro atoms. The molecule has 0 bridgehead atoms. The molecular formula is C40H38F3NO. The molecule has 0 saturated carbocycles. The molecule has 6 rings (SSSR count). The van der Waals surface area contributed by atoms with E-state index in [0.29, 0.717) is 33.9 Å². The molecule has 0 radical (unpaired) electrons. The number of rotatable bonds is 6. The van der Waals surface area contributed by atoms with Crippen LogP contribution in [0.25, 0.3) is 55.4 Å². The molecule has 0 amide bonds.